The minimum Gasteiger partial charge on any atom is -0.356 e. The number of hydrogen-bond acceptors (Lipinski definition) is 1. The van der Waals surface area contributed by atoms with Crippen LogP contribution in [-0.2, 0) is 4.79 Å². The first-order valence-corrected chi connectivity index (χ1v) is 4.83. The van der Waals surface area contributed by atoms with Gasteiger partial charge in [-0.3, -0.25) is 4.79 Å². The molecular formula is C10H21NO. The maximum atomic E-state index is 11.2. The molecule has 0 radical (unpaired) electrons. The van der Waals surface area contributed by atoms with Gasteiger partial charge in [0.05, 0.1) is 0 Å². The van der Waals surface area contributed by atoms with E-state index < -0.39 is 0 Å². The lowest BCUT2D eigenvalue weighted by Crippen LogP contribution is -2.28. The largest absolute Gasteiger partial charge is 0.356 e. The molecule has 1 amide bonds. The molecule has 2 heteroatoms. The van der Waals surface area contributed by atoms with Crippen molar-refractivity contribution in [1.82, 2.24) is 5.32 Å². The Hall–Kier alpha value is -0.530. The van der Waals surface area contributed by atoms with Crippen LogP contribution in [0.1, 0.15) is 40.5 Å². The highest BCUT2D eigenvalue weighted by molar-refractivity contribution is 5.76. The Morgan fingerprint density at radius 2 is 1.92 bits per heavy atom. The summed E-state index contributed by atoms with van der Waals surface area (Å²) in [4.78, 5) is 11.2. The Morgan fingerprint density at radius 1 is 1.33 bits per heavy atom. The Bertz CT molecular complexity index is 132. The van der Waals surface area contributed by atoms with Gasteiger partial charge in [0.1, 0.15) is 0 Å². The van der Waals surface area contributed by atoms with Crippen molar-refractivity contribution in [3.8, 4) is 0 Å². The average molecular weight is 171 g/mol. The lowest BCUT2D eigenvalue weighted by atomic mass is 10.0. The zero-order valence-electron chi connectivity index (χ0n) is 8.68. The Balaban J connectivity index is 3.46. The number of rotatable bonds is 5. The average Bonchev–Trinajstić information content (AvgIpc) is 2.00. The van der Waals surface area contributed by atoms with Gasteiger partial charge in [-0.25, -0.2) is 0 Å². The smallest absolute Gasteiger partial charge is 0.220 e. The molecule has 0 bridgehead atoms. The van der Waals surface area contributed by atoms with E-state index in [4.69, 9.17) is 0 Å². The van der Waals surface area contributed by atoms with Crippen LogP contribution in [0.25, 0.3) is 0 Å². The first-order chi connectivity index (χ1) is 5.56. The summed E-state index contributed by atoms with van der Waals surface area (Å²) in [6.45, 7) is 9.22. The summed E-state index contributed by atoms with van der Waals surface area (Å²) < 4.78 is 0. The van der Waals surface area contributed by atoms with Crippen molar-refractivity contribution >= 4 is 5.91 Å². The second-order valence-corrected chi connectivity index (χ2v) is 3.92. The van der Waals surface area contributed by atoms with Gasteiger partial charge in [-0.1, -0.05) is 34.1 Å². The molecule has 0 aromatic heterocycles. The second-order valence-electron chi connectivity index (χ2n) is 3.92. The van der Waals surface area contributed by atoms with Crippen LogP contribution in [0.3, 0.4) is 0 Å². The summed E-state index contributed by atoms with van der Waals surface area (Å²) in [5.41, 5.74) is 0. The summed E-state index contributed by atoms with van der Waals surface area (Å²) >= 11 is 0. The molecule has 0 aromatic rings. The fraction of sp³-hybridized carbons (Fsp3) is 0.900. The highest BCUT2D eigenvalue weighted by Crippen LogP contribution is 2.05. The maximum Gasteiger partial charge on any atom is 0.220 e. The number of nitrogens with one attached hydrogen (secondary N) is 1. The molecule has 72 valence electrons. The molecule has 12 heavy (non-hydrogen) atoms. The monoisotopic (exact) mass is 171 g/mol. The Kier molecular flexibility index (Phi) is 5.77. The molecule has 1 N–H and O–H groups in total. The lowest BCUT2D eigenvalue weighted by molar-refractivity contribution is -0.122. The predicted octanol–water partition coefficient (Wildman–Crippen LogP) is 2.19. The molecule has 2 nitrogen and oxygen atoms in total. The third-order valence-electron chi connectivity index (χ3n) is 1.94. The van der Waals surface area contributed by atoms with Gasteiger partial charge in [-0.2, -0.15) is 0 Å². The normalized spacial score (nSPS) is 13.1. The standard InChI is InChI=1S/C10H21NO/c1-5-9(4)6-10(12)11-7-8(2)3/h8-9H,5-7H2,1-4H3,(H,11,12). The Morgan fingerprint density at radius 3 is 2.33 bits per heavy atom. The van der Waals surface area contributed by atoms with Crippen LogP contribution >= 0.6 is 0 Å². The van der Waals surface area contributed by atoms with Crippen molar-refractivity contribution in [2.24, 2.45) is 11.8 Å². The van der Waals surface area contributed by atoms with E-state index in [2.05, 4.69) is 33.0 Å². The lowest BCUT2D eigenvalue weighted by Gasteiger charge is -2.10. The first-order valence-electron chi connectivity index (χ1n) is 4.83. The summed E-state index contributed by atoms with van der Waals surface area (Å²) in [5.74, 6) is 1.25. The SMILES string of the molecule is CCC(C)CC(=O)NCC(C)C. The molecule has 0 aromatic carbocycles. The van der Waals surface area contributed by atoms with Gasteiger partial charge in [0.15, 0.2) is 0 Å². The van der Waals surface area contributed by atoms with Crippen LogP contribution in [0.4, 0.5) is 0 Å². The molecule has 0 heterocycles. The molecule has 0 saturated carbocycles. The van der Waals surface area contributed by atoms with E-state index in [-0.39, 0.29) is 5.91 Å². The van der Waals surface area contributed by atoms with Gasteiger partial charge < -0.3 is 5.32 Å². The van der Waals surface area contributed by atoms with Crippen LogP contribution in [-0.4, -0.2) is 12.5 Å². The third kappa shape index (κ3) is 6.20. The van der Waals surface area contributed by atoms with E-state index in [1.807, 2.05) is 0 Å². The third-order valence-corrected chi connectivity index (χ3v) is 1.94. The maximum absolute atomic E-state index is 11.2. The molecule has 0 spiro atoms. The van der Waals surface area contributed by atoms with Gasteiger partial charge in [0, 0.05) is 13.0 Å². The number of hydrogen-bond donors (Lipinski definition) is 1. The molecular weight excluding hydrogens is 150 g/mol. The second kappa shape index (κ2) is 6.04. The van der Waals surface area contributed by atoms with Gasteiger partial charge in [-0.05, 0) is 11.8 Å². The van der Waals surface area contributed by atoms with Crippen molar-refractivity contribution in [1.29, 1.82) is 0 Å². The fourth-order valence-electron chi connectivity index (χ4n) is 0.851. The van der Waals surface area contributed by atoms with E-state index in [1.165, 1.54) is 0 Å². The number of carbonyl (C=O) groups excluding carboxylic acids is 1. The molecule has 1 unspecified atom stereocenters. The first kappa shape index (κ1) is 11.5. The molecule has 0 saturated heterocycles. The van der Waals surface area contributed by atoms with Crippen LogP contribution in [0.5, 0.6) is 0 Å². The molecule has 0 fully saturated rings. The number of carbonyl (C=O) groups is 1. The minimum absolute atomic E-state index is 0.193. The summed E-state index contributed by atoms with van der Waals surface area (Å²) in [6, 6.07) is 0. The zero-order valence-corrected chi connectivity index (χ0v) is 8.68. The molecule has 0 rings (SSSR count). The van der Waals surface area contributed by atoms with E-state index in [1.54, 1.807) is 0 Å². The zero-order chi connectivity index (χ0) is 9.56. The molecule has 0 aliphatic carbocycles. The summed E-state index contributed by atoms with van der Waals surface area (Å²) in [7, 11) is 0. The van der Waals surface area contributed by atoms with Gasteiger partial charge in [0.2, 0.25) is 5.91 Å². The summed E-state index contributed by atoms with van der Waals surface area (Å²) in [6.07, 6.45) is 1.75. The van der Waals surface area contributed by atoms with Crippen molar-refractivity contribution in [3.05, 3.63) is 0 Å². The molecule has 1 atom stereocenters. The topological polar surface area (TPSA) is 29.1 Å². The quantitative estimate of drug-likeness (QED) is 0.675. The van der Waals surface area contributed by atoms with Crippen LogP contribution in [0, 0.1) is 11.8 Å². The van der Waals surface area contributed by atoms with Crippen molar-refractivity contribution < 1.29 is 4.79 Å². The number of amides is 1. The van der Waals surface area contributed by atoms with Crippen molar-refractivity contribution in [2.45, 2.75) is 40.5 Å². The Labute approximate surface area is 75.7 Å². The fourth-order valence-corrected chi connectivity index (χ4v) is 0.851. The van der Waals surface area contributed by atoms with Crippen LogP contribution < -0.4 is 5.32 Å². The minimum atomic E-state index is 0.193. The van der Waals surface area contributed by atoms with E-state index in [9.17, 15) is 4.79 Å². The van der Waals surface area contributed by atoms with Crippen molar-refractivity contribution in [2.75, 3.05) is 6.54 Å². The van der Waals surface area contributed by atoms with Crippen LogP contribution in [0.15, 0.2) is 0 Å². The van der Waals surface area contributed by atoms with Crippen molar-refractivity contribution in [3.63, 3.8) is 0 Å². The molecule has 0 aliphatic heterocycles. The van der Waals surface area contributed by atoms with Gasteiger partial charge >= 0.3 is 0 Å². The van der Waals surface area contributed by atoms with Gasteiger partial charge in [0.25, 0.3) is 0 Å². The predicted molar refractivity (Wildman–Crippen MR) is 51.9 cm³/mol. The van der Waals surface area contributed by atoms with Gasteiger partial charge in [-0.15, -0.1) is 0 Å². The highest BCUT2D eigenvalue weighted by Gasteiger charge is 2.06. The molecule has 0 aliphatic rings. The summed E-state index contributed by atoms with van der Waals surface area (Å²) in [5, 5.41) is 2.91. The van der Waals surface area contributed by atoms with E-state index >= 15 is 0 Å². The highest BCUT2D eigenvalue weighted by atomic mass is 16.1. The van der Waals surface area contributed by atoms with E-state index in [0.717, 1.165) is 13.0 Å². The van der Waals surface area contributed by atoms with E-state index in [0.29, 0.717) is 18.3 Å². The van der Waals surface area contributed by atoms with Crippen LogP contribution in [0.2, 0.25) is 0 Å².